The molecule has 1 aromatic carbocycles. The Morgan fingerprint density at radius 2 is 2.17 bits per heavy atom. The molecule has 0 N–H and O–H groups in total. The lowest BCUT2D eigenvalue weighted by Gasteiger charge is -2.02. The summed E-state index contributed by atoms with van der Waals surface area (Å²) in [5.41, 5.74) is -0.0210. The Bertz CT molecular complexity index is 553. The van der Waals surface area contributed by atoms with Gasteiger partial charge in [0, 0.05) is 12.5 Å². The van der Waals surface area contributed by atoms with Crippen LogP contribution in [0.2, 0.25) is 0 Å². The maximum Gasteiger partial charge on any atom is 0.273 e. The van der Waals surface area contributed by atoms with Gasteiger partial charge in [-0.25, -0.2) is 0 Å². The molecule has 1 aromatic heterocycles. The smallest absolute Gasteiger partial charge is 0.273 e. The molecule has 2 rings (SSSR count). The first-order chi connectivity index (χ1) is 8.69. The topological polar surface area (TPSA) is 91.3 Å². The van der Waals surface area contributed by atoms with Gasteiger partial charge in [0.05, 0.1) is 11.0 Å². The third-order valence-electron chi connectivity index (χ3n) is 2.20. The minimum Gasteiger partial charge on any atom is -0.484 e. The summed E-state index contributed by atoms with van der Waals surface area (Å²) in [5.74, 6) is 1.27. The van der Waals surface area contributed by atoms with E-state index in [1.54, 1.807) is 12.1 Å². The van der Waals surface area contributed by atoms with Gasteiger partial charge >= 0.3 is 0 Å². The van der Waals surface area contributed by atoms with Crippen molar-refractivity contribution in [1.29, 1.82) is 0 Å². The van der Waals surface area contributed by atoms with Crippen LogP contribution in [-0.2, 0) is 13.0 Å². The van der Waals surface area contributed by atoms with Crippen molar-refractivity contribution in [2.75, 3.05) is 0 Å². The number of hydrogen-bond acceptors (Lipinski definition) is 6. The summed E-state index contributed by atoms with van der Waals surface area (Å²) in [5, 5.41) is 18.2. The number of hydrogen-bond donors (Lipinski definition) is 0. The highest BCUT2D eigenvalue weighted by Gasteiger charge is 2.08. The largest absolute Gasteiger partial charge is 0.484 e. The molecule has 0 aliphatic heterocycles. The SMILES string of the molecule is CCc1nnc(COc2cccc([N+](=O)[O-])c2)o1. The molecule has 0 unspecified atom stereocenters. The molecular weight excluding hydrogens is 238 g/mol. The summed E-state index contributed by atoms with van der Waals surface area (Å²) < 4.78 is 10.6. The fourth-order valence-electron chi connectivity index (χ4n) is 1.32. The third kappa shape index (κ3) is 2.82. The average molecular weight is 249 g/mol. The Morgan fingerprint density at radius 3 is 2.83 bits per heavy atom. The van der Waals surface area contributed by atoms with Crippen molar-refractivity contribution in [3.05, 3.63) is 46.2 Å². The normalized spacial score (nSPS) is 10.3. The van der Waals surface area contributed by atoms with E-state index < -0.39 is 4.92 Å². The number of ether oxygens (including phenoxy) is 1. The molecule has 2 aromatic rings. The number of rotatable bonds is 5. The Balaban J connectivity index is 2.01. The van der Waals surface area contributed by atoms with Gasteiger partial charge in [0.2, 0.25) is 5.89 Å². The van der Waals surface area contributed by atoms with E-state index in [0.717, 1.165) is 0 Å². The molecule has 0 spiro atoms. The van der Waals surface area contributed by atoms with Gasteiger partial charge in [0.25, 0.3) is 11.6 Å². The van der Waals surface area contributed by atoms with E-state index in [-0.39, 0.29) is 12.3 Å². The lowest BCUT2D eigenvalue weighted by Crippen LogP contribution is -1.96. The number of aryl methyl sites for hydroxylation is 1. The first kappa shape index (κ1) is 12.0. The van der Waals surface area contributed by atoms with E-state index >= 15 is 0 Å². The average Bonchev–Trinajstić information content (AvgIpc) is 2.84. The highest BCUT2D eigenvalue weighted by molar-refractivity contribution is 5.37. The minimum absolute atomic E-state index is 0.0210. The molecule has 0 aliphatic carbocycles. The predicted molar refractivity (Wildman–Crippen MR) is 61.1 cm³/mol. The van der Waals surface area contributed by atoms with Crippen molar-refractivity contribution in [2.24, 2.45) is 0 Å². The Morgan fingerprint density at radius 1 is 1.39 bits per heavy atom. The zero-order chi connectivity index (χ0) is 13.0. The molecule has 0 amide bonds. The van der Waals surface area contributed by atoms with Crippen molar-refractivity contribution in [2.45, 2.75) is 20.0 Å². The summed E-state index contributed by atoms with van der Waals surface area (Å²) in [6, 6.07) is 5.93. The lowest BCUT2D eigenvalue weighted by molar-refractivity contribution is -0.384. The molecule has 7 nitrogen and oxygen atoms in total. The summed E-state index contributed by atoms with van der Waals surface area (Å²) in [7, 11) is 0. The molecular formula is C11H11N3O4. The van der Waals surface area contributed by atoms with Gasteiger partial charge in [0.15, 0.2) is 6.61 Å². The van der Waals surface area contributed by atoms with E-state index in [2.05, 4.69) is 10.2 Å². The minimum atomic E-state index is -0.477. The molecule has 94 valence electrons. The number of non-ortho nitro benzene ring substituents is 1. The van der Waals surface area contributed by atoms with Crippen LogP contribution in [0.3, 0.4) is 0 Å². The van der Waals surface area contributed by atoms with Crippen LogP contribution in [0.15, 0.2) is 28.7 Å². The third-order valence-corrected chi connectivity index (χ3v) is 2.20. The van der Waals surface area contributed by atoms with Crippen LogP contribution in [0, 0.1) is 10.1 Å². The maximum atomic E-state index is 10.6. The van der Waals surface area contributed by atoms with E-state index in [4.69, 9.17) is 9.15 Å². The predicted octanol–water partition coefficient (Wildman–Crippen LogP) is 2.12. The molecule has 7 heteroatoms. The zero-order valence-electron chi connectivity index (χ0n) is 9.70. The second kappa shape index (κ2) is 5.26. The van der Waals surface area contributed by atoms with Crippen LogP contribution in [0.4, 0.5) is 5.69 Å². The van der Waals surface area contributed by atoms with E-state index in [1.807, 2.05) is 6.92 Å². The van der Waals surface area contributed by atoms with Gasteiger partial charge < -0.3 is 9.15 Å². The Labute approximate surface area is 103 Å². The van der Waals surface area contributed by atoms with Gasteiger partial charge in [-0.1, -0.05) is 13.0 Å². The second-order valence-corrected chi connectivity index (χ2v) is 3.49. The van der Waals surface area contributed by atoms with E-state index in [9.17, 15) is 10.1 Å². The van der Waals surface area contributed by atoms with Crippen molar-refractivity contribution in [1.82, 2.24) is 10.2 Å². The van der Waals surface area contributed by atoms with Crippen molar-refractivity contribution >= 4 is 5.69 Å². The number of aromatic nitrogens is 2. The zero-order valence-corrected chi connectivity index (χ0v) is 9.70. The molecule has 18 heavy (non-hydrogen) atoms. The molecule has 0 radical (unpaired) electrons. The molecule has 0 atom stereocenters. The van der Waals surface area contributed by atoms with Gasteiger partial charge in [-0.2, -0.15) is 0 Å². The number of nitrogens with zero attached hydrogens (tertiary/aromatic N) is 3. The number of nitro benzene ring substituents is 1. The molecule has 0 fully saturated rings. The van der Waals surface area contributed by atoms with Gasteiger partial charge in [-0.3, -0.25) is 10.1 Å². The summed E-state index contributed by atoms with van der Waals surface area (Å²) in [4.78, 5) is 10.1. The van der Waals surface area contributed by atoms with Crippen molar-refractivity contribution in [3.8, 4) is 5.75 Å². The molecule has 0 saturated heterocycles. The van der Waals surface area contributed by atoms with E-state index in [0.29, 0.717) is 24.0 Å². The molecule has 0 aliphatic rings. The Kier molecular flexibility index (Phi) is 3.52. The maximum absolute atomic E-state index is 10.6. The highest BCUT2D eigenvalue weighted by Crippen LogP contribution is 2.19. The van der Waals surface area contributed by atoms with Crippen molar-refractivity contribution < 1.29 is 14.1 Å². The fourth-order valence-corrected chi connectivity index (χ4v) is 1.32. The van der Waals surface area contributed by atoms with Crippen LogP contribution in [0.1, 0.15) is 18.7 Å². The van der Waals surface area contributed by atoms with Gasteiger partial charge in [0.1, 0.15) is 5.75 Å². The Hall–Kier alpha value is -2.44. The fraction of sp³-hybridized carbons (Fsp3) is 0.273. The van der Waals surface area contributed by atoms with Gasteiger partial charge in [-0.15, -0.1) is 10.2 Å². The highest BCUT2D eigenvalue weighted by atomic mass is 16.6. The summed E-state index contributed by atoms with van der Waals surface area (Å²) in [6.45, 7) is 1.99. The standard InChI is InChI=1S/C11H11N3O4/c1-2-10-12-13-11(18-10)7-17-9-5-3-4-8(6-9)14(15)16/h3-6H,2,7H2,1H3. The monoisotopic (exact) mass is 249 g/mol. The number of nitro groups is 1. The van der Waals surface area contributed by atoms with Crippen LogP contribution in [0.5, 0.6) is 5.75 Å². The lowest BCUT2D eigenvalue weighted by atomic mass is 10.3. The molecule has 0 bridgehead atoms. The first-order valence-electron chi connectivity index (χ1n) is 5.37. The van der Waals surface area contributed by atoms with Crippen LogP contribution >= 0.6 is 0 Å². The summed E-state index contributed by atoms with van der Waals surface area (Å²) >= 11 is 0. The number of benzene rings is 1. The molecule has 1 heterocycles. The van der Waals surface area contributed by atoms with Crippen LogP contribution in [0.25, 0.3) is 0 Å². The quantitative estimate of drug-likeness (QED) is 0.595. The van der Waals surface area contributed by atoms with Gasteiger partial charge in [-0.05, 0) is 6.07 Å². The summed E-state index contributed by atoms with van der Waals surface area (Å²) in [6.07, 6.45) is 0.657. The van der Waals surface area contributed by atoms with Crippen LogP contribution < -0.4 is 4.74 Å². The van der Waals surface area contributed by atoms with Crippen molar-refractivity contribution in [3.63, 3.8) is 0 Å². The van der Waals surface area contributed by atoms with Crippen LogP contribution in [-0.4, -0.2) is 15.1 Å². The second-order valence-electron chi connectivity index (χ2n) is 3.49. The molecule has 0 saturated carbocycles. The van der Waals surface area contributed by atoms with E-state index in [1.165, 1.54) is 12.1 Å². The first-order valence-corrected chi connectivity index (χ1v) is 5.37.